The minimum absolute atomic E-state index is 0.136. The van der Waals surface area contributed by atoms with Crippen molar-refractivity contribution in [3.63, 3.8) is 0 Å². The Hall–Kier alpha value is -3.92. The number of sulfonamides is 1. The van der Waals surface area contributed by atoms with Crippen LogP contribution in [-0.4, -0.2) is 35.0 Å². The highest BCUT2D eigenvalue weighted by Crippen LogP contribution is 2.25. The fraction of sp³-hybridized carbons (Fsp3) is 0.136. The molecule has 0 amide bonds. The second-order valence-corrected chi connectivity index (χ2v) is 8.59. The number of nitrogens with zero attached hydrogens (tertiary/aromatic N) is 4. The van der Waals surface area contributed by atoms with E-state index in [0.29, 0.717) is 28.9 Å². The van der Waals surface area contributed by atoms with E-state index in [4.69, 9.17) is 9.47 Å². The van der Waals surface area contributed by atoms with Crippen LogP contribution in [0.25, 0.3) is 5.82 Å². The SMILES string of the molecule is COc1ccc(S(=O)(=O)Nc2ccc(Oc3cc(-n4cnc(C)c4C)ncn3)cc2)cc1. The molecule has 0 unspecified atom stereocenters. The normalized spacial score (nSPS) is 11.2. The number of imidazole rings is 1. The van der Waals surface area contributed by atoms with E-state index in [9.17, 15) is 8.42 Å². The number of aromatic nitrogens is 4. The monoisotopic (exact) mass is 451 g/mol. The third-order valence-corrected chi connectivity index (χ3v) is 6.22. The van der Waals surface area contributed by atoms with Crippen molar-refractivity contribution >= 4 is 15.7 Å². The minimum atomic E-state index is -3.72. The van der Waals surface area contributed by atoms with Crippen LogP contribution in [0.15, 0.2) is 72.1 Å². The minimum Gasteiger partial charge on any atom is -0.497 e. The van der Waals surface area contributed by atoms with Crippen molar-refractivity contribution in [2.75, 3.05) is 11.8 Å². The first-order chi connectivity index (χ1) is 15.4. The summed E-state index contributed by atoms with van der Waals surface area (Å²) in [4.78, 5) is 12.8. The third kappa shape index (κ3) is 4.54. The Morgan fingerprint density at radius 3 is 2.22 bits per heavy atom. The Labute approximate surface area is 185 Å². The van der Waals surface area contributed by atoms with E-state index in [1.54, 1.807) is 48.8 Å². The summed E-state index contributed by atoms with van der Waals surface area (Å²) in [6.07, 6.45) is 3.11. The fourth-order valence-corrected chi connectivity index (χ4v) is 3.99. The molecule has 2 aromatic carbocycles. The molecule has 9 nitrogen and oxygen atoms in total. The number of nitrogens with one attached hydrogen (secondary N) is 1. The van der Waals surface area contributed by atoms with Crippen molar-refractivity contribution in [3.8, 4) is 23.2 Å². The predicted octanol–water partition coefficient (Wildman–Crippen LogP) is 3.88. The average molecular weight is 452 g/mol. The fourth-order valence-electron chi connectivity index (χ4n) is 2.93. The van der Waals surface area contributed by atoms with Crippen LogP contribution in [0, 0.1) is 13.8 Å². The number of aryl methyl sites for hydroxylation is 1. The zero-order chi connectivity index (χ0) is 22.7. The Morgan fingerprint density at radius 1 is 0.906 bits per heavy atom. The number of rotatable bonds is 7. The third-order valence-electron chi connectivity index (χ3n) is 4.82. The number of anilines is 1. The quantitative estimate of drug-likeness (QED) is 0.454. The highest BCUT2D eigenvalue weighted by Gasteiger charge is 2.14. The van der Waals surface area contributed by atoms with Gasteiger partial charge in [0.05, 0.1) is 17.7 Å². The number of hydrogen-bond acceptors (Lipinski definition) is 7. The number of hydrogen-bond donors (Lipinski definition) is 1. The van der Waals surface area contributed by atoms with Gasteiger partial charge in [-0.25, -0.2) is 23.4 Å². The second kappa shape index (κ2) is 8.67. The van der Waals surface area contributed by atoms with Crippen LogP contribution >= 0.6 is 0 Å². The number of benzene rings is 2. The molecule has 10 heteroatoms. The molecule has 0 spiro atoms. The lowest BCUT2D eigenvalue weighted by molar-refractivity contribution is 0.414. The van der Waals surface area contributed by atoms with Crippen LogP contribution in [0.3, 0.4) is 0 Å². The van der Waals surface area contributed by atoms with Crippen molar-refractivity contribution in [2.45, 2.75) is 18.7 Å². The van der Waals surface area contributed by atoms with Crippen LogP contribution in [0.5, 0.6) is 17.4 Å². The highest BCUT2D eigenvalue weighted by molar-refractivity contribution is 7.92. The van der Waals surface area contributed by atoms with Crippen molar-refractivity contribution < 1.29 is 17.9 Å². The number of methoxy groups -OCH3 is 1. The van der Waals surface area contributed by atoms with Gasteiger partial charge >= 0.3 is 0 Å². The maximum absolute atomic E-state index is 12.6. The second-order valence-electron chi connectivity index (χ2n) is 6.91. The Kier molecular flexibility index (Phi) is 5.78. The molecule has 0 aliphatic carbocycles. The maximum Gasteiger partial charge on any atom is 0.261 e. The molecule has 4 rings (SSSR count). The molecular formula is C22H21N5O4S. The van der Waals surface area contributed by atoms with Gasteiger partial charge in [0.1, 0.15) is 30.0 Å². The molecule has 2 heterocycles. The van der Waals surface area contributed by atoms with Gasteiger partial charge in [0.15, 0.2) is 0 Å². The van der Waals surface area contributed by atoms with E-state index in [-0.39, 0.29) is 4.90 Å². The van der Waals surface area contributed by atoms with Gasteiger partial charge in [0, 0.05) is 17.4 Å². The van der Waals surface area contributed by atoms with Crippen LogP contribution in [0.1, 0.15) is 11.4 Å². The lowest BCUT2D eigenvalue weighted by Crippen LogP contribution is -2.12. The molecule has 1 N–H and O–H groups in total. The van der Waals surface area contributed by atoms with E-state index < -0.39 is 10.0 Å². The van der Waals surface area contributed by atoms with Gasteiger partial charge in [-0.15, -0.1) is 0 Å². The Morgan fingerprint density at radius 2 is 1.59 bits per heavy atom. The first-order valence-corrected chi connectivity index (χ1v) is 11.1. The Bertz CT molecular complexity index is 1330. The smallest absolute Gasteiger partial charge is 0.261 e. The summed E-state index contributed by atoms with van der Waals surface area (Å²) in [6.45, 7) is 3.88. The molecule has 32 heavy (non-hydrogen) atoms. The van der Waals surface area contributed by atoms with Gasteiger partial charge < -0.3 is 9.47 Å². The maximum atomic E-state index is 12.6. The van der Waals surface area contributed by atoms with E-state index in [1.165, 1.54) is 25.6 Å². The lowest BCUT2D eigenvalue weighted by atomic mass is 10.3. The molecule has 164 valence electrons. The van der Waals surface area contributed by atoms with E-state index in [1.807, 2.05) is 18.4 Å². The summed E-state index contributed by atoms with van der Waals surface area (Å²) in [6, 6.07) is 14.4. The van der Waals surface area contributed by atoms with Crippen LogP contribution in [-0.2, 0) is 10.0 Å². The molecule has 4 aromatic rings. The van der Waals surface area contributed by atoms with Gasteiger partial charge in [-0.1, -0.05) is 0 Å². The van der Waals surface area contributed by atoms with E-state index in [0.717, 1.165) is 11.4 Å². The van der Waals surface area contributed by atoms with E-state index in [2.05, 4.69) is 19.7 Å². The predicted molar refractivity (Wildman–Crippen MR) is 119 cm³/mol. The van der Waals surface area contributed by atoms with Crippen molar-refractivity contribution in [1.29, 1.82) is 0 Å². The van der Waals surface area contributed by atoms with Crippen molar-refractivity contribution in [3.05, 3.63) is 78.6 Å². The van der Waals surface area contributed by atoms with Gasteiger partial charge in [0.2, 0.25) is 5.88 Å². The molecule has 0 aliphatic rings. The summed E-state index contributed by atoms with van der Waals surface area (Å²) in [5.41, 5.74) is 2.29. The van der Waals surface area contributed by atoms with Gasteiger partial charge in [-0.3, -0.25) is 9.29 Å². The summed E-state index contributed by atoms with van der Waals surface area (Å²) in [5, 5.41) is 0. The molecule has 0 bridgehead atoms. The van der Waals surface area contributed by atoms with Crippen LogP contribution in [0.2, 0.25) is 0 Å². The standard InChI is InChI=1S/C22H21N5O4S/c1-15-16(2)27(14-25-15)21-12-22(24-13-23-21)31-19-6-4-17(5-7-19)26-32(28,29)20-10-8-18(30-3)9-11-20/h4-14,26H,1-3H3. The van der Waals surface area contributed by atoms with Crippen molar-refractivity contribution in [1.82, 2.24) is 19.5 Å². The zero-order valence-electron chi connectivity index (χ0n) is 17.7. The molecule has 0 saturated heterocycles. The molecule has 0 saturated carbocycles. The molecular weight excluding hydrogens is 430 g/mol. The Balaban J connectivity index is 1.47. The van der Waals surface area contributed by atoms with Crippen LogP contribution in [0.4, 0.5) is 5.69 Å². The van der Waals surface area contributed by atoms with Gasteiger partial charge in [-0.05, 0) is 62.4 Å². The zero-order valence-corrected chi connectivity index (χ0v) is 18.5. The van der Waals surface area contributed by atoms with Gasteiger partial charge in [0.25, 0.3) is 10.0 Å². The molecule has 0 aliphatic heterocycles. The molecule has 0 radical (unpaired) electrons. The molecule has 0 atom stereocenters. The van der Waals surface area contributed by atoms with Crippen molar-refractivity contribution in [2.24, 2.45) is 0 Å². The molecule has 2 aromatic heterocycles. The first-order valence-electron chi connectivity index (χ1n) is 9.63. The molecule has 0 fully saturated rings. The van der Waals surface area contributed by atoms with Crippen LogP contribution < -0.4 is 14.2 Å². The highest BCUT2D eigenvalue weighted by atomic mass is 32.2. The lowest BCUT2D eigenvalue weighted by Gasteiger charge is -2.10. The van der Waals surface area contributed by atoms with Gasteiger partial charge in [-0.2, -0.15) is 0 Å². The average Bonchev–Trinajstić information content (AvgIpc) is 3.13. The summed E-state index contributed by atoms with van der Waals surface area (Å²) in [5.74, 6) is 2.07. The number of ether oxygens (including phenoxy) is 2. The largest absolute Gasteiger partial charge is 0.497 e. The summed E-state index contributed by atoms with van der Waals surface area (Å²) < 4.78 is 40.4. The topological polar surface area (TPSA) is 108 Å². The summed E-state index contributed by atoms with van der Waals surface area (Å²) >= 11 is 0. The first kappa shape index (κ1) is 21.3. The van der Waals surface area contributed by atoms with E-state index >= 15 is 0 Å². The summed E-state index contributed by atoms with van der Waals surface area (Å²) in [7, 11) is -2.20.